The number of hydrogen-bond acceptors (Lipinski definition) is 2. The zero-order valence-corrected chi connectivity index (χ0v) is 13.3. The van der Waals surface area contributed by atoms with Gasteiger partial charge in [0, 0.05) is 11.3 Å². The molecule has 0 aromatic rings. The summed E-state index contributed by atoms with van der Waals surface area (Å²) in [6.45, 7) is 4.78. The minimum Gasteiger partial charge on any atom is -0.359 e. The van der Waals surface area contributed by atoms with Gasteiger partial charge in [0.25, 0.3) is 0 Å². The fourth-order valence-corrected chi connectivity index (χ4v) is 5.34. The van der Waals surface area contributed by atoms with Crippen LogP contribution in [0, 0.1) is 11.8 Å². The van der Waals surface area contributed by atoms with E-state index in [4.69, 9.17) is 4.99 Å². The lowest BCUT2D eigenvalue weighted by atomic mass is 9.80. The zero-order valence-electron chi connectivity index (χ0n) is 12.5. The van der Waals surface area contributed by atoms with E-state index in [0.29, 0.717) is 11.6 Å². The molecular weight excluding hydrogens is 252 g/mol. The standard InChI is InChI=1S/C16H28N2S/c1-12-6-7-14(13(2)10-12)17-15-18-16(11-19-15)8-4-3-5-9-16/h12-14H,3-11H2,1-2H3,(H,17,18). The van der Waals surface area contributed by atoms with Crippen LogP contribution in [0.25, 0.3) is 0 Å². The highest BCUT2D eigenvalue weighted by Gasteiger charge is 2.38. The van der Waals surface area contributed by atoms with Crippen LogP contribution in [-0.2, 0) is 0 Å². The van der Waals surface area contributed by atoms with Crippen LogP contribution in [0.5, 0.6) is 0 Å². The van der Waals surface area contributed by atoms with Crippen molar-refractivity contribution in [2.75, 3.05) is 5.75 Å². The second-order valence-corrected chi connectivity index (χ2v) is 8.12. The van der Waals surface area contributed by atoms with E-state index in [0.717, 1.165) is 11.8 Å². The van der Waals surface area contributed by atoms with Gasteiger partial charge in [0.15, 0.2) is 5.17 Å². The van der Waals surface area contributed by atoms with Crippen LogP contribution >= 0.6 is 11.8 Å². The van der Waals surface area contributed by atoms with E-state index in [1.165, 1.54) is 62.3 Å². The van der Waals surface area contributed by atoms with Gasteiger partial charge in [0.1, 0.15) is 0 Å². The second kappa shape index (κ2) is 5.67. The van der Waals surface area contributed by atoms with Crippen molar-refractivity contribution in [3.63, 3.8) is 0 Å². The topological polar surface area (TPSA) is 24.4 Å². The number of hydrogen-bond donors (Lipinski definition) is 1. The maximum Gasteiger partial charge on any atom is 0.157 e. The summed E-state index contributed by atoms with van der Waals surface area (Å²) >= 11 is 1.98. The van der Waals surface area contributed by atoms with Crippen LogP contribution in [0.1, 0.15) is 65.2 Å². The van der Waals surface area contributed by atoms with Crippen molar-refractivity contribution in [3.8, 4) is 0 Å². The van der Waals surface area contributed by atoms with Crippen LogP contribution < -0.4 is 5.32 Å². The summed E-state index contributed by atoms with van der Waals surface area (Å²) < 4.78 is 0. The second-order valence-electron chi connectivity index (χ2n) is 7.15. The van der Waals surface area contributed by atoms with E-state index in [1.54, 1.807) is 0 Å². The summed E-state index contributed by atoms with van der Waals surface area (Å²) in [5.74, 6) is 2.92. The molecule has 3 heteroatoms. The largest absolute Gasteiger partial charge is 0.359 e. The molecule has 1 heterocycles. The summed E-state index contributed by atoms with van der Waals surface area (Å²) in [5, 5.41) is 5.06. The van der Waals surface area contributed by atoms with Gasteiger partial charge in [-0.25, -0.2) is 0 Å². The first-order valence-corrected chi connectivity index (χ1v) is 9.14. The molecule has 0 bridgehead atoms. The molecule has 3 atom stereocenters. The lowest BCUT2D eigenvalue weighted by molar-refractivity contribution is 0.263. The lowest BCUT2D eigenvalue weighted by Gasteiger charge is -2.33. The van der Waals surface area contributed by atoms with E-state index in [2.05, 4.69) is 19.2 Å². The number of aliphatic imine (C=N–C) groups is 1. The third-order valence-corrected chi connectivity index (χ3v) is 6.52. The number of nitrogens with one attached hydrogen (secondary N) is 1. The smallest absolute Gasteiger partial charge is 0.157 e. The Bertz CT molecular complexity index is 347. The molecule has 2 aliphatic carbocycles. The van der Waals surface area contributed by atoms with E-state index >= 15 is 0 Å². The Morgan fingerprint density at radius 1 is 1.16 bits per heavy atom. The molecular formula is C16H28N2S. The first-order chi connectivity index (χ1) is 9.17. The highest BCUT2D eigenvalue weighted by molar-refractivity contribution is 8.14. The highest BCUT2D eigenvalue weighted by Crippen LogP contribution is 2.37. The van der Waals surface area contributed by atoms with Crippen molar-refractivity contribution in [1.82, 2.24) is 5.32 Å². The van der Waals surface area contributed by atoms with Crippen LogP contribution in [0.2, 0.25) is 0 Å². The molecule has 2 nitrogen and oxygen atoms in total. The van der Waals surface area contributed by atoms with Gasteiger partial charge >= 0.3 is 0 Å². The van der Waals surface area contributed by atoms with Gasteiger partial charge in [-0.15, -0.1) is 0 Å². The van der Waals surface area contributed by atoms with Crippen LogP contribution in [0.3, 0.4) is 0 Å². The highest BCUT2D eigenvalue weighted by atomic mass is 32.2. The molecule has 1 saturated heterocycles. The summed E-state index contributed by atoms with van der Waals surface area (Å²) in [6, 6.07) is 0.574. The quantitative estimate of drug-likeness (QED) is 0.778. The van der Waals surface area contributed by atoms with Gasteiger partial charge in [-0.1, -0.05) is 44.9 Å². The summed E-state index contributed by atoms with van der Waals surface area (Å²) in [6.07, 6.45) is 11.0. The minimum atomic E-state index is 0.410. The molecule has 3 aliphatic rings. The fourth-order valence-electron chi connectivity index (χ4n) is 4.06. The molecule has 0 amide bonds. The molecule has 0 radical (unpaired) electrons. The van der Waals surface area contributed by atoms with Crippen LogP contribution in [0.4, 0.5) is 0 Å². The zero-order chi connectivity index (χ0) is 13.3. The van der Waals surface area contributed by atoms with Crippen molar-refractivity contribution in [3.05, 3.63) is 0 Å². The maximum atomic E-state index is 5.07. The van der Waals surface area contributed by atoms with Gasteiger partial charge < -0.3 is 5.32 Å². The molecule has 108 valence electrons. The predicted molar refractivity (Wildman–Crippen MR) is 84.8 cm³/mol. The lowest BCUT2D eigenvalue weighted by Crippen LogP contribution is -2.45. The SMILES string of the molecule is CC1CCC(N=C2NC3(CCCCC3)CS2)C(C)C1. The maximum absolute atomic E-state index is 5.07. The predicted octanol–water partition coefficient (Wildman–Crippen LogP) is 4.21. The number of amidine groups is 1. The van der Waals surface area contributed by atoms with Crippen LogP contribution in [-0.4, -0.2) is 22.5 Å². The Balaban J connectivity index is 1.62. The van der Waals surface area contributed by atoms with Gasteiger partial charge in [-0.2, -0.15) is 0 Å². The van der Waals surface area contributed by atoms with E-state index in [1.807, 2.05) is 11.8 Å². The van der Waals surface area contributed by atoms with Crippen molar-refractivity contribution in [1.29, 1.82) is 0 Å². The normalized spacial score (nSPS) is 40.5. The number of thioether (sulfide) groups is 1. The van der Waals surface area contributed by atoms with E-state index in [9.17, 15) is 0 Å². The third kappa shape index (κ3) is 3.12. The van der Waals surface area contributed by atoms with Crippen molar-refractivity contribution in [2.45, 2.75) is 76.8 Å². The van der Waals surface area contributed by atoms with E-state index in [-0.39, 0.29) is 0 Å². The molecule has 1 N–H and O–H groups in total. The molecule has 19 heavy (non-hydrogen) atoms. The average Bonchev–Trinajstić information content (AvgIpc) is 2.77. The Hall–Kier alpha value is -0.180. The Kier molecular flexibility index (Phi) is 4.11. The summed E-state index contributed by atoms with van der Waals surface area (Å²) in [5.41, 5.74) is 0.410. The van der Waals surface area contributed by atoms with Crippen LogP contribution in [0.15, 0.2) is 4.99 Å². The van der Waals surface area contributed by atoms with Gasteiger partial charge in [0.05, 0.1) is 6.04 Å². The first-order valence-electron chi connectivity index (χ1n) is 8.16. The monoisotopic (exact) mass is 280 g/mol. The Morgan fingerprint density at radius 2 is 1.95 bits per heavy atom. The number of rotatable bonds is 1. The molecule has 2 saturated carbocycles. The molecule has 3 fully saturated rings. The van der Waals surface area contributed by atoms with Crippen molar-refractivity contribution >= 4 is 16.9 Å². The van der Waals surface area contributed by atoms with Gasteiger partial charge in [0.2, 0.25) is 0 Å². The van der Waals surface area contributed by atoms with Crippen molar-refractivity contribution < 1.29 is 0 Å². The van der Waals surface area contributed by atoms with Gasteiger partial charge in [-0.05, 0) is 43.9 Å². The average molecular weight is 280 g/mol. The summed E-state index contributed by atoms with van der Waals surface area (Å²) in [7, 11) is 0. The molecule has 1 aliphatic heterocycles. The summed E-state index contributed by atoms with van der Waals surface area (Å²) in [4.78, 5) is 5.07. The molecule has 0 aromatic heterocycles. The molecule has 1 spiro atoms. The molecule has 3 rings (SSSR count). The first kappa shape index (κ1) is 13.8. The minimum absolute atomic E-state index is 0.410. The molecule has 3 unspecified atom stereocenters. The number of nitrogens with zero attached hydrogens (tertiary/aromatic N) is 1. The van der Waals surface area contributed by atoms with Gasteiger partial charge in [-0.3, -0.25) is 4.99 Å². The fraction of sp³-hybridized carbons (Fsp3) is 0.938. The molecule has 0 aromatic carbocycles. The van der Waals surface area contributed by atoms with E-state index < -0.39 is 0 Å². The Labute approximate surface area is 122 Å². The third-order valence-electron chi connectivity index (χ3n) is 5.34. The Morgan fingerprint density at radius 3 is 2.68 bits per heavy atom. The van der Waals surface area contributed by atoms with Crippen molar-refractivity contribution in [2.24, 2.45) is 16.8 Å².